The van der Waals surface area contributed by atoms with E-state index in [0.29, 0.717) is 0 Å². The molecule has 44 heavy (non-hydrogen) atoms. The molecule has 206 valence electrons. The minimum atomic E-state index is 1.26. The first kappa shape index (κ1) is 25.5. The van der Waals surface area contributed by atoms with Crippen LogP contribution in [-0.4, -0.2) is 0 Å². The summed E-state index contributed by atoms with van der Waals surface area (Å²) < 4.78 is 2.68. The first-order chi connectivity index (χ1) is 21.8. The van der Waals surface area contributed by atoms with Crippen molar-refractivity contribution in [2.45, 2.75) is 0 Å². The van der Waals surface area contributed by atoms with E-state index in [0.717, 1.165) is 0 Å². The fourth-order valence-corrected chi connectivity index (χ4v) is 9.00. The van der Waals surface area contributed by atoms with Crippen molar-refractivity contribution >= 4 is 64.4 Å². The Morgan fingerprint density at radius 3 is 1.11 bits per heavy atom. The van der Waals surface area contributed by atoms with Crippen molar-refractivity contribution in [1.82, 2.24) is 0 Å². The molecule has 0 N–H and O–H groups in total. The Labute approximate surface area is 264 Å². The zero-order chi connectivity index (χ0) is 29.0. The quantitative estimate of drug-likeness (QED) is 0.190. The van der Waals surface area contributed by atoms with Gasteiger partial charge < -0.3 is 0 Å². The van der Waals surface area contributed by atoms with E-state index in [4.69, 9.17) is 0 Å². The van der Waals surface area contributed by atoms with Crippen LogP contribution in [0.4, 0.5) is 0 Å². The molecule has 7 aromatic carbocycles. The second kappa shape index (κ2) is 10.3. The highest BCUT2D eigenvalue weighted by Crippen LogP contribution is 2.52. The van der Waals surface area contributed by atoms with Crippen LogP contribution in [0.3, 0.4) is 0 Å². The normalized spacial score (nSPS) is 11.6. The lowest BCUT2D eigenvalue weighted by Crippen LogP contribution is -1.87. The summed E-state index contributed by atoms with van der Waals surface area (Å²) in [6.45, 7) is 0. The number of rotatable bonds is 4. The van der Waals surface area contributed by atoms with Crippen molar-refractivity contribution in [2.75, 3.05) is 0 Å². The number of thiophene rings is 2. The second-order valence-corrected chi connectivity index (χ2v) is 13.4. The number of hydrogen-bond acceptors (Lipinski definition) is 2. The van der Waals surface area contributed by atoms with Gasteiger partial charge in [-0.2, -0.15) is 0 Å². The average Bonchev–Trinajstić information content (AvgIpc) is 3.74. The SMILES string of the molecule is c1ccc(-c2c(-c3ccccc3)c3sc(-c4ccc5ccccc5c4)cc3c3cc(-c4ccc5ccccc5c4)sc23)cc1. The van der Waals surface area contributed by atoms with Gasteiger partial charge in [-0.15, -0.1) is 22.7 Å². The van der Waals surface area contributed by atoms with E-state index in [1.165, 1.54) is 84.9 Å². The van der Waals surface area contributed by atoms with Gasteiger partial charge in [0, 0.05) is 41.1 Å². The molecule has 0 aliphatic carbocycles. The van der Waals surface area contributed by atoms with E-state index in [2.05, 4.69) is 158 Å². The Bertz CT molecular complexity index is 2300. The maximum Gasteiger partial charge on any atom is 0.0441 e. The van der Waals surface area contributed by atoms with Gasteiger partial charge in [0.15, 0.2) is 0 Å². The standard InChI is InChI=1S/C42H26S2/c1-3-13-29(14-4-1)39-40(30-15-5-2-6-16-30)42-36(26-38(44-42)34-22-20-28-12-8-10-18-32(28)24-34)35-25-37(43-41(35)39)33-21-19-27-11-7-9-17-31(27)23-33/h1-26H. The second-order valence-electron chi connectivity index (χ2n) is 11.3. The molecule has 9 aromatic rings. The Balaban J connectivity index is 1.38. The van der Waals surface area contributed by atoms with Crippen LogP contribution in [0.1, 0.15) is 0 Å². The van der Waals surface area contributed by atoms with Gasteiger partial charge in [0.05, 0.1) is 0 Å². The van der Waals surface area contributed by atoms with Crippen LogP contribution in [0.15, 0.2) is 158 Å². The topological polar surface area (TPSA) is 0 Å². The molecule has 0 unspecified atom stereocenters. The minimum Gasteiger partial charge on any atom is -0.135 e. The van der Waals surface area contributed by atoms with Crippen LogP contribution < -0.4 is 0 Å². The predicted octanol–water partition coefficient (Wildman–Crippen LogP) is 13.1. The summed E-state index contributed by atoms with van der Waals surface area (Å²) in [6.07, 6.45) is 0. The van der Waals surface area contributed by atoms with Gasteiger partial charge in [0.2, 0.25) is 0 Å². The van der Waals surface area contributed by atoms with Crippen molar-refractivity contribution < 1.29 is 0 Å². The Hall–Kier alpha value is -5.02. The van der Waals surface area contributed by atoms with Crippen LogP contribution in [0.2, 0.25) is 0 Å². The molecule has 2 heterocycles. The number of fused-ring (bicyclic) bond motifs is 5. The molecule has 0 spiro atoms. The van der Waals surface area contributed by atoms with Gasteiger partial charge in [-0.3, -0.25) is 0 Å². The minimum absolute atomic E-state index is 1.26. The van der Waals surface area contributed by atoms with Gasteiger partial charge in [0.25, 0.3) is 0 Å². The first-order valence-corrected chi connectivity index (χ1v) is 16.6. The predicted molar refractivity (Wildman–Crippen MR) is 194 cm³/mol. The fourth-order valence-electron chi connectivity index (χ4n) is 6.51. The van der Waals surface area contributed by atoms with E-state index in [9.17, 15) is 0 Å². The van der Waals surface area contributed by atoms with Crippen LogP contribution in [0.25, 0.3) is 84.9 Å². The zero-order valence-electron chi connectivity index (χ0n) is 23.8. The summed E-state index contributed by atoms with van der Waals surface area (Å²) in [6, 6.07) is 57.8. The molecule has 0 aliphatic rings. The molecule has 2 aromatic heterocycles. The van der Waals surface area contributed by atoms with E-state index < -0.39 is 0 Å². The van der Waals surface area contributed by atoms with E-state index >= 15 is 0 Å². The van der Waals surface area contributed by atoms with Gasteiger partial charge in [-0.05, 0) is 68.1 Å². The van der Waals surface area contributed by atoms with Gasteiger partial charge in [-0.1, -0.05) is 133 Å². The fraction of sp³-hybridized carbons (Fsp3) is 0. The third-order valence-electron chi connectivity index (χ3n) is 8.65. The molecule has 0 amide bonds. The molecule has 0 nitrogen and oxygen atoms in total. The molecular formula is C42H26S2. The smallest absolute Gasteiger partial charge is 0.0441 e. The Morgan fingerprint density at radius 2 is 0.682 bits per heavy atom. The number of hydrogen-bond donors (Lipinski definition) is 0. The van der Waals surface area contributed by atoms with Gasteiger partial charge in [-0.25, -0.2) is 0 Å². The summed E-state index contributed by atoms with van der Waals surface area (Å²) >= 11 is 3.83. The van der Waals surface area contributed by atoms with Crippen molar-refractivity contribution in [1.29, 1.82) is 0 Å². The monoisotopic (exact) mass is 594 g/mol. The first-order valence-electron chi connectivity index (χ1n) is 14.9. The third kappa shape index (κ3) is 4.18. The Morgan fingerprint density at radius 1 is 0.295 bits per heavy atom. The maximum absolute atomic E-state index is 2.44. The van der Waals surface area contributed by atoms with E-state index in [-0.39, 0.29) is 0 Å². The number of benzene rings is 7. The third-order valence-corrected chi connectivity index (χ3v) is 11.1. The van der Waals surface area contributed by atoms with Crippen molar-refractivity contribution in [3.8, 4) is 43.1 Å². The Kier molecular flexibility index (Phi) is 5.97. The van der Waals surface area contributed by atoms with Crippen molar-refractivity contribution in [2.24, 2.45) is 0 Å². The van der Waals surface area contributed by atoms with Crippen LogP contribution in [0.5, 0.6) is 0 Å². The van der Waals surface area contributed by atoms with E-state index in [1.807, 2.05) is 22.7 Å². The molecule has 9 rings (SSSR count). The molecule has 2 heteroatoms. The lowest BCUT2D eigenvalue weighted by Gasteiger charge is -2.14. The lowest BCUT2D eigenvalue weighted by atomic mass is 9.91. The molecule has 0 bridgehead atoms. The molecule has 0 aliphatic heterocycles. The van der Waals surface area contributed by atoms with Crippen LogP contribution in [-0.2, 0) is 0 Å². The highest BCUT2D eigenvalue weighted by atomic mass is 32.1. The zero-order valence-corrected chi connectivity index (χ0v) is 25.5. The van der Waals surface area contributed by atoms with Crippen molar-refractivity contribution in [3.63, 3.8) is 0 Å². The van der Waals surface area contributed by atoms with Crippen LogP contribution >= 0.6 is 22.7 Å². The summed E-state index contributed by atoms with van der Waals surface area (Å²) in [5, 5.41) is 7.75. The summed E-state index contributed by atoms with van der Waals surface area (Å²) in [4.78, 5) is 2.60. The average molecular weight is 595 g/mol. The molecule has 0 saturated carbocycles. The highest BCUT2D eigenvalue weighted by Gasteiger charge is 2.22. The summed E-state index contributed by atoms with van der Waals surface area (Å²) in [5.41, 5.74) is 7.69. The summed E-state index contributed by atoms with van der Waals surface area (Å²) in [7, 11) is 0. The molecule has 0 saturated heterocycles. The lowest BCUT2D eigenvalue weighted by molar-refractivity contribution is 1.65. The maximum atomic E-state index is 2.44. The summed E-state index contributed by atoms with van der Waals surface area (Å²) in [5.74, 6) is 0. The largest absolute Gasteiger partial charge is 0.135 e. The van der Waals surface area contributed by atoms with Gasteiger partial charge in [0.1, 0.15) is 0 Å². The molecule has 0 fully saturated rings. The van der Waals surface area contributed by atoms with Crippen LogP contribution in [0, 0.1) is 0 Å². The molecule has 0 radical (unpaired) electrons. The molecular weight excluding hydrogens is 569 g/mol. The van der Waals surface area contributed by atoms with E-state index in [1.54, 1.807) is 0 Å². The molecule has 0 atom stereocenters. The highest BCUT2D eigenvalue weighted by molar-refractivity contribution is 7.25. The van der Waals surface area contributed by atoms with Crippen molar-refractivity contribution in [3.05, 3.63) is 158 Å². The van der Waals surface area contributed by atoms with Gasteiger partial charge >= 0.3 is 0 Å².